The minimum atomic E-state index is -0.950. The van der Waals surface area contributed by atoms with Crippen LogP contribution in [0.5, 0.6) is 0 Å². The number of aromatic nitrogens is 1. The molecule has 3 rings (SSSR count). The zero-order valence-corrected chi connectivity index (χ0v) is 14.3. The first-order valence-corrected chi connectivity index (χ1v) is 8.24. The average Bonchev–Trinajstić information content (AvgIpc) is 3.11. The van der Waals surface area contributed by atoms with Gasteiger partial charge in [-0.15, -0.1) is 0 Å². The quantitative estimate of drug-likeness (QED) is 0.926. The number of carbonyl (C=O) groups is 2. The smallest absolute Gasteiger partial charge is 0.326 e. The molecule has 1 amide bonds. The summed E-state index contributed by atoms with van der Waals surface area (Å²) in [6.07, 6.45) is 4.42. The summed E-state index contributed by atoms with van der Waals surface area (Å²) in [5, 5.41) is 9.27. The lowest BCUT2D eigenvalue weighted by Crippen LogP contribution is -2.40. The molecule has 1 aliphatic heterocycles. The number of amides is 1. The van der Waals surface area contributed by atoms with Crippen molar-refractivity contribution in [3.63, 3.8) is 0 Å². The van der Waals surface area contributed by atoms with Crippen LogP contribution in [0.2, 0.25) is 0 Å². The minimum Gasteiger partial charge on any atom is -0.480 e. The van der Waals surface area contributed by atoms with Gasteiger partial charge in [0.1, 0.15) is 6.04 Å². The number of carboxylic acid groups (broad SMARTS) is 1. The van der Waals surface area contributed by atoms with Gasteiger partial charge in [0, 0.05) is 44.3 Å². The fourth-order valence-corrected chi connectivity index (χ4v) is 3.10. The van der Waals surface area contributed by atoms with Crippen LogP contribution in [0, 0.1) is 0 Å². The van der Waals surface area contributed by atoms with Crippen molar-refractivity contribution in [2.24, 2.45) is 0 Å². The lowest BCUT2D eigenvalue weighted by Gasteiger charge is -2.21. The van der Waals surface area contributed by atoms with Crippen LogP contribution in [-0.2, 0) is 4.79 Å². The number of carbonyl (C=O) groups excluding carboxylic acids is 1. The normalized spacial score (nSPS) is 16.7. The Bertz CT molecular complexity index is 787. The topological polar surface area (TPSA) is 73.7 Å². The fourth-order valence-electron chi connectivity index (χ4n) is 3.10. The van der Waals surface area contributed by atoms with Crippen LogP contribution < -0.4 is 4.90 Å². The molecule has 1 unspecified atom stereocenters. The van der Waals surface area contributed by atoms with Crippen LogP contribution >= 0.6 is 0 Å². The van der Waals surface area contributed by atoms with E-state index < -0.39 is 12.0 Å². The molecule has 1 atom stereocenters. The van der Waals surface area contributed by atoms with Crippen LogP contribution in [0.4, 0.5) is 5.69 Å². The van der Waals surface area contributed by atoms with E-state index in [1.165, 1.54) is 11.1 Å². The van der Waals surface area contributed by atoms with Gasteiger partial charge >= 0.3 is 5.97 Å². The molecule has 1 fully saturated rings. The van der Waals surface area contributed by atoms with E-state index in [0.717, 1.165) is 16.8 Å². The second-order valence-corrected chi connectivity index (χ2v) is 6.40. The van der Waals surface area contributed by atoms with E-state index in [1.54, 1.807) is 12.3 Å². The van der Waals surface area contributed by atoms with Crippen LogP contribution in [0.15, 0.2) is 42.7 Å². The Morgan fingerprint density at radius 3 is 2.52 bits per heavy atom. The molecule has 1 aromatic heterocycles. The minimum absolute atomic E-state index is 0.274. The molecule has 0 aliphatic carbocycles. The van der Waals surface area contributed by atoms with Gasteiger partial charge in [0.05, 0.1) is 5.56 Å². The van der Waals surface area contributed by atoms with Gasteiger partial charge in [-0.05, 0) is 36.6 Å². The molecule has 6 heteroatoms. The molecular weight excluding hydrogens is 318 g/mol. The third-order valence-electron chi connectivity index (χ3n) is 4.50. The zero-order valence-electron chi connectivity index (χ0n) is 14.3. The molecule has 130 valence electrons. The number of nitrogens with zero attached hydrogens (tertiary/aromatic N) is 3. The fraction of sp³-hybridized carbons (Fsp3) is 0.316. The van der Waals surface area contributed by atoms with Gasteiger partial charge in [-0.25, -0.2) is 4.79 Å². The van der Waals surface area contributed by atoms with Gasteiger partial charge in [-0.2, -0.15) is 0 Å². The molecule has 0 bridgehead atoms. The van der Waals surface area contributed by atoms with E-state index in [0.29, 0.717) is 24.9 Å². The Morgan fingerprint density at radius 2 is 1.88 bits per heavy atom. The molecule has 0 radical (unpaired) electrons. The number of benzene rings is 1. The number of likely N-dealkylation sites (tertiary alicyclic amines) is 1. The third-order valence-corrected chi connectivity index (χ3v) is 4.50. The highest BCUT2D eigenvalue weighted by atomic mass is 16.4. The molecular formula is C19H21N3O3. The van der Waals surface area contributed by atoms with Crippen molar-refractivity contribution in [3.05, 3.63) is 48.3 Å². The Kier molecular flexibility index (Phi) is 4.70. The summed E-state index contributed by atoms with van der Waals surface area (Å²) in [6.45, 7) is 0.470. The second kappa shape index (κ2) is 6.93. The monoisotopic (exact) mass is 339 g/mol. The van der Waals surface area contributed by atoms with Crippen molar-refractivity contribution in [1.29, 1.82) is 0 Å². The molecule has 2 aromatic rings. The predicted molar refractivity (Wildman–Crippen MR) is 95.7 cm³/mol. The van der Waals surface area contributed by atoms with Gasteiger partial charge in [0.2, 0.25) is 0 Å². The summed E-state index contributed by atoms with van der Waals surface area (Å²) < 4.78 is 0. The third kappa shape index (κ3) is 3.47. The van der Waals surface area contributed by atoms with E-state index >= 15 is 0 Å². The van der Waals surface area contributed by atoms with E-state index in [9.17, 15) is 14.7 Å². The molecule has 0 spiro atoms. The molecule has 0 saturated carbocycles. The number of carboxylic acids is 1. The molecule has 1 saturated heterocycles. The predicted octanol–water partition coefficient (Wildman–Crippen LogP) is 2.50. The molecule has 6 nitrogen and oxygen atoms in total. The Labute approximate surface area is 146 Å². The van der Waals surface area contributed by atoms with Crippen molar-refractivity contribution in [2.45, 2.75) is 18.9 Å². The van der Waals surface area contributed by atoms with Crippen LogP contribution in [0.25, 0.3) is 11.1 Å². The van der Waals surface area contributed by atoms with Crippen molar-refractivity contribution in [3.8, 4) is 11.1 Å². The highest BCUT2D eigenvalue weighted by Crippen LogP contribution is 2.25. The van der Waals surface area contributed by atoms with Gasteiger partial charge in [-0.3, -0.25) is 9.78 Å². The van der Waals surface area contributed by atoms with Crippen LogP contribution in [0.1, 0.15) is 23.2 Å². The first-order valence-electron chi connectivity index (χ1n) is 8.24. The summed E-state index contributed by atoms with van der Waals surface area (Å²) in [6, 6.07) is 9.01. The Balaban J connectivity index is 1.86. The van der Waals surface area contributed by atoms with Crippen molar-refractivity contribution >= 4 is 17.6 Å². The molecule has 1 aliphatic rings. The average molecular weight is 339 g/mol. The zero-order chi connectivity index (χ0) is 18.0. The number of hydrogen-bond donors (Lipinski definition) is 1. The standard InChI is InChI=1S/C19H21N3O3/c1-21(2)16-7-5-13(6-8-16)14-10-15(12-20-11-14)18(23)22-9-3-4-17(22)19(24)25/h5-8,10-12,17H,3-4,9H2,1-2H3,(H,24,25). The number of pyridine rings is 1. The van der Waals surface area contributed by atoms with Crippen molar-refractivity contribution < 1.29 is 14.7 Å². The lowest BCUT2D eigenvalue weighted by molar-refractivity contribution is -0.141. The Morgan fingerprint density at radius 1 is 1.16 bits per heavy atom. The summed E-state index contributed by atoms with van der Waals surface area (Å²) in [4.78, 5) is 31.6. The van der Waals surface area contributed by atoms with E-state index in [-0.39, 0.29) is 5.91 Å². The summed E-state index contributed by atoms with van der Waals surface area (Å²) in [7, 11) is 3.95. The second-order valence-electron chi connectivity index (χ2n) is 6.40. The summed E-state index contributed by atoms with van der Waals surface area (Å²) in [5.41, 5.74) is 3.30. The number of anilines is 1. The largest absolute Gasteiger partial charge is 0.480 e. The van der Waals surface area contributed by atoms with Gasteiger partial charge in [0.25, 0.3) is 5.91 Å². The van der Waals surface area contributed by atoms with Gasteiger partial charge in [-0.1, -0.05) is 12.1 Å². The van der Waals surface area contributed by atoms with Crippen LogP contribution in [0.3, 0.4) is 0 Å². The highest BCUT2D eigenvalue weighted by Gasteiger charge is 2.34. The molecule has 25 heavy (non-hydrogen) atoms. The maximum absolute atomic E-state index is 12.7. The number of hydrogen-bond acceptors (Lipinski definition) is 4. The first-order chi connectivity index (χ1) is 12.0. The van der Waals surface area contributed by atoms with E-state index in [4.69, 9.17) is 0 Å². The van der Waals surface area contributed by atoms with Crippen molar-refractivity contribution in [2.75, 3.05) is 25.5 Å². The molecule has 1 N–H and O–H groups in total. The van der Waals surface area contributed by atoms with Gasteiger partial charge < -0.3 is 14.9 Å². The number of aliphatic carboxylic acids is 1. The van der Waals surface area contributed by atoms with Crippen LogP contribution in [-0.4, -0.2) is 53.5 Å². The summed E-state index contributed by atoms with van der Waals surface area (Å²) in [5.74, 6) is -1.22. The first kappa shape index (κ1) is 17.0. The number of rotatable bonds is 4. The van der Waals surface area contributed by atoms with E-state index in [2.05, 4.69) is 4.98 Å². The maximum atomic E-state index is 12.7. The highest BCUT2D eigenvalue weighted by molar-refractivity contribution is 5.97. The molecule has 1 aromatic carbocycles. The summed E-state index contributed by atoms with van der Waals surface area (Å²) >= 11 is 0. The SMILES string of the molecule is CN(C)c1ccc(-c2cncc(C(=O)N3CCCC3C(=O)O)c2)cc1. The molecule has 2 heterocycles. The van der Waals surface area contributed by atoms with Crippen molar-refractivity contribution in [1.82, 2.24) is 9.88 Å². The van der Waals surface area contributed by atoms with Gasteiger partial charge in [0.15, 0.2) is 0 Å². The lowest BCUT2D eigenvalue weighted by atomic mass is 10.0. The maximum Gasteiger partial charge on any atom is 0.326 e. The Hall–Kier alpha value is -2.89. The van der Waals surface area contributed by atoms with E-state index in [1.807, 2.05) is 43.3 Å².